The highest BCUT2D eigenvalue weighted by Gasteiger charge is 2.15. The van der Waals surface area contributed by atoms with E-state index >= 15 is 0 Å². The molecule has 1 aromatic heterocycles. The first-order chi connectivity index (χ1) is 11.1. The number of hydrogen-bond donors (Lipinski definition) is 1. The molecule has 23 heavy (non-hydrogen) atoms. The van der Waals surface area contributed by atoms with Gasteiger partial charge in [0.1, 0.15) is 11.5 Å². The van der Waals surface area contributed by atoms with Crippen LogP contribution in [0.25, 0.3) is 11.3 Å². The van der Waals surface area contributed by atoms with E-state index in [-0.39, 0.29) is 12.4 Å². The standard InChI is InChI=1S/C18H18FN3O/c1-12-3-6-15(9-13(12)2)18-17(11-23)20-21-22(18)10-14-4-7-16(19)8-5-14/h3-9,23H,10-11H2,1-2H3. The molecule has 1 N–H and O–H groups in total. The van der Waals surface area contributed by atoms with Crippen molar-refractivity contribution in [3.05, 3.63) is 70.7 Å². The smallest absolute Gasteiger partial charge is 0.123 e. The van der Waals surface area contributed by atoms with Crippen molar-refractivity contribution in [1.29, 1.82) is 0 Å². The van der Waals surface area contributed by atoms with Gasteiger partial charge in [0, 0.05) is 5.56 Å². The van der Waals surface area contributed by atoms with Crippen molar-refractivity contribution in [2.45, 2.75) is 27.0 Å². The Balaban J connectivity index is 2.03. The topological polar surface area (TPSA) is 50.9 Å². The van der Waals surface area contributed by atoms with Crippen molar-refractivity contribution in [2.24, 2.45) is 0 Å². The summed E-state index contributed by atoms with van der Waals surface area (Å²) in [6.45, 7) is 4.40. The molecule has 0 aliphatic heterocycles. The molecule has 118 valence electrons. The second-order valence-electron chi connectivity index (χ2n) is 5.63. The number of aliphatic hydroxyl groups excluding tert-OH is 1. The molecule has 0 unspecified atom stereocenters. The summed E-state index contributed by atoms with van der Waals surface area (Å²) in [5, 5.41) is 17.8. The Labute approximate surface area is 134 Å². The minimum Gasteiger partial charge on any atom is -0.390 e. The normalized spacial score (nSPS) is 11.0. The molecule has 0 fully saturated rings. The highest BCUT2D eigenvalue weighted by Crippen LogP contribution is 2.25. The van der Waals surface area contributed by atoms with Crippen LogP contribution >= 0.6 is 0 Å². The SMILES string of the molecule is Cc1ccc(-c2c(CO)nnn2Cc2ccc(F)cc2)cc1C. The lowest BCUT2D eigenvalue weighted by atomic mass is 10.0. The van der Waals surface area contributed by atoms with Gasteiger partial charge in [-0.15, -0.1) is 5.10 Å². The molecule has 0 spiro atoms. The highest BCUT2D eigenvalue weighted by molar-refractivity contribution is 5.63. The van der Waals surface area contributed by atoms with E-state index in [0.717, 1.165) is 16.8 Å². The van der Waals surface area contributed by atoms with Crippen LogP contribution in [0, 0.1) is 19.7 Å². The summed E-state index contributed by atoms with van der Waals surface area (Å²) in [4.78, 5) is 0. The summed E-state index contributed by atoms with van der Waals surface area (Å²) in [5.74, 6) is -0.266. The van der Waals surface area contributed by atoms with Gasteiger partial charge >= 0.3 is 0 Å². The Bertz CT molecular complexity index is 825. The van der Waals surface area contributed by atoms with E-state index in [1.165, 1.54) is 23.3 Å². The minimum atomic E-state index is -0.266. The number of nitrogens with zero attached hydrogens (tertiary/aromatic N) is 3. The first kappa shape index (κ1) is 15.4. The molecule has 0 amide bonds. The number of aryl methyl sites for hydroxylation is 2. The minimum absolute atomic E-state index is 0.175. The number of aromatic nitrogens is 3. The van der Waals surface area contributed by atoms with Gasteiger partial charge in [-0.05, 0) is 48.7 Å². The van der Waals surface area contributed by atoms with E-state index < -0.39 is 0 Å². The average molecular weight is 311 g/mol. The van der Waals surface area contributed by atoms with E-state index in [4.69, 9.17) is 0 Å². The van der Waals surface area contributed by atoms with Crippen LogP contribution in [0.3, 0.4) is 0 Å². The van der Waals surface area contributed by atoms with E-state index in [2.05, 4.69) is 23.3 Å². The Hall–Kier alpha value is -2.53. The molecule has 4 nitrogen and oxygen atoms in total. The maximum absolute atomic E-state index is 13.0. The molecule has 2 aromatic carbocycles. The zero-order chi connectivity index (χ0) is 16.4. The molecule has 3 aromatic rings. The third-order valence-electron chi connectivity index (χ3n) is 3.98. The Morgan fingerprint density at radius 1 is 1.04 bits per heavy atom. The lowest BCUT2D eigenvalue weighted by molar-refractivity contribution is 0.277. The second-order valence-corrected chi connectivity index (χ2v) is 5.63. The van der Waals surface area contributed by atoms with E-state index in [1.807, 2.05) is 19.1 Å². The second kappa shape index (κ2) is 6.30. The zero-order valence-corrected chi connectivity index (χ0v) is 13.1. The van der Waals surface area contributed by atoms with E-state index in [1.54, 1.807) is 16.8 Å². The summed E-state index contributed by atoms with van der Waals surface area (Å²) < 4.78 is 14.8. The van der Waals surface area contributed by atoms with Crippen LogP contribution in [-0.4, -0.2) is 20.1 Å². The van der Waals surface area contributed by atoms with Gasteiger partial charge in [-0.2, -0.15) is 0 Å². The quantitative estimate of drug-likeness (QED) is 0.805. The molecule has 0 saturated carbocycles. The zero-order valence-electron chi connectivity index (χ0n) is 13.1. The average Bonchev–Trinajstić information content (AvgIpc) is 2.95. The van der Waals surface area contributed by atoms with Crippen molar-refractivity contribution in [1.82, 2.24) is 15.0 Å². The van der Waals surface area contributed by atoms with Crippen molar-refractivity contribution in [3.63, 3.8) is 0 Å². The molecular formula is C18H18FN3O. The molecular weight excluding hydrogens is 293 g/mol. The lowest BCUT2D eigenvalue weighted by Gasteiger charge is -2.10. The van der Waals surface area contributed by atoms with Crippen LogP contribution in [0.1, 0.15) is 22.4 Å². The Morgan fingerprint density at radius 3 is 2.43 bits per heavy atom. The number of benzene rings is 2. The van der Waals surface area contributed by atoms with Gasteiger partial charge in [0.2, 0.25) is 0 Å². The molecule has 0 bridgehead atoms. The van der Waals surface area contributed by atoms with Crippen molar-refractivity contribution in [2.75, 3.05) is 0 Å². The fourth-order valence-electron chi connectivity index (χ4n) is 2.53. The Kier molecular flexibility index (Phi) is 4.21. The van der Waals surface area contributed by atoms with Crippen molar-refractivity contribution < 1.29 is 9.50 Å². The highest BCUT2D eigenvalue weighted by atomic mass is 19.1. The summed E-state index contributed by atoms with van der Waals surface area (Å²) in [6, 6.07) is 12.4. The molecule has 0 radical (unpaired) electrons. The number of aliphatic hydroxyl groups is 1. The van der Waals surface area contributed by atoms with E-state index in [9.17, 15) is 9.50 Å². The lowest BCUT2D eigenvalue weighted by Crippen LogP contribution is -2.05. The van der Waals surface area contributed by atoms with Crippen LogP contribution < -0.4 is 0 Å². The third-order valence-corrected chi connectivity index (χ3v) is 3.98. The molecule has 5 heteroatoms. The van der Waals surface area contributed by atoms with Crippen LogP contribution in [0.2, 0.25) is 0 Å². The Morgan fingerprint density at radius 2 is 1.78 bits per heavy atom. The first-order valence-electron chi connectivity index (χ1n) is 7.44. The van der Waals surface area contributed by atoms with Gasteiger partial charge in [0.25, 0.3) is 0 Å². The number of hydrogen-bond acceptors (Lipinski definition) is 3. The maximum Gasteiger partial charge on any atom is 0.123 e. The molecule has 0 aliphatic rings. The van der Waals surface area contributed by atoms with Gasteiger partial charge < -0.3 is 5.11 Å². The van der Waals surface area contributed by atoms with Gasteiger partial charge in [-0.1, -0.05) is 29.5 Å². The molecule has 1 heterocycles. The fraction of sp³-hybridized carbons (Fsp3) is 0.222. The summed E-state index contributed by atoms with van der Waals surface area (Å²) in [5.41, 5.74) is 5.59. The van der Waals surface area contributed by atoms with Crippen molar-refractivity contribution >= 4 is 0 Å². The first-order valence-corrected chi connectivity index (χ1v) is 7.44. The monoisotopic (exact) mass is 311 g/mol. The summed E-state index contributed by atoms with van der Waals surface area (Å²) >= 11 is 0. The van der Waals surface area contributed by atoms with Gasteiger partial charge in [0.15, 0.2) is 0 Å². The molecule has 0 atom stereocenters. The van der Waals surface area contributed by atoms with Crippen LogP contribution in [-0.2, 0) is 13.2 Å². The predicted octanol–water partition coefficient (Wildman–Crippen LogP) is 3.24. The number of rotatable bonds is 4. The molecule has 0 aliphatic carbocycles. The van der Waals surface area contributed by atoms with Crippen LogP contribution in [0.5, 0.6) is 0 Å². The number of halogens is 1. The van der Waals surface area contributed by atoms with Gasteiger partial charge in [-0.3, -0.25) is 0 Å². The van der Waals surface area contributed by atoms with Crippen LogP contribution in [0.4, 0.5) is 4.39 Å². The summed E-state index contributed by atoms with van der Waals surface area (Å²) in [6.07, 6.45) is 0. The third kappa shape index (κ3) is 3.14. The fourth-order valence-corrected chi connectivity index (χ4v) is 2.53. The van der Waals surface area contributed by atoms with E-state index in [0.29, 0.717) is 12.2 Å². The van der Waals surface area contributed by atoms with Gasteiger partial charge in [0.05, 0.1) is 18.8 Å². The van der Waals surface area contributed by atoms with Crippen LogP contribution in [0.15, 0.2) is 42.5 Å². The van der Waals surface area contributed by atoms with Crippen molar-refractivity contribution in [3.8, 4) is 11.3 Å². The molecule has 0 saturated heterocycles. The predicted molar refractivity (Wildman–Crippen MR) is 86.4 cm³/mol. The van der Waals surface area contributed by atoms with Gasteiger partial charge in [-0.25, -0.2) is 9.07 Å². The largest absolute Gasteiger partial charge is 0.390 e. The summed E-state index contributed by atoms with van der Waals surface area (Å²) in [7, 11) is 0. The maximum atomic E-state index is 13.0. The molecule has 3 rings (SSSR count).